The molecule has 152 valence electrons. The number of amides is 1. The number of aromatic carboxylic acids is 1. The first-order valence-corrected chi connectivity index (χ1v) is 10.8. The molecule has 8 nitrogen and oxygen atoms in total. The number of thiazole rings is 1. The molecule has 0 spiro atoms. The van der Waals surface area contributed by atoms with E-state index in [4.69, 9.17) is 4.74 Å². The van der Waals surface area contributed by atoms with Crippen molar-refractivity contribution in [3.63, 3.8) is 0 Å². The molecule has 2 aromatic rings. The number of nitrogens with zero attached hydrogens (tertiary/aromatic N) is 1. The van der Waals surface area contributed by atoms with E-state index in [-0.39, 0.29) is 21.2 Å². The summed E-state index contributed by atoms with van der Waals surface area (Å²) in [5, 5.41) is 12.1. The van der Waals surface area contributed by atoms with Gasteiger partial charge in [-0.15, -0.1) is 11.3 Å². The van der Waals surface area contributed by atoms with Crippen LogP contribution in [0.25, 0.3) is 0 Å². The van der Waals surface area contributed by atoms with Gasteiger partial charge in [-0.1, -0.05) is 6.92 Å². The smallest absolute Gasteiger partial charge is 0.408 e. The molecule has 0 bridgehead atoms. The van der Waals surface area contributed by atoms with Crippen LogP contribution >= 0.6 is 11.3 Å². The second-order valence-electron chi connectivity index (χ2n) is 6.96. The summed E-state index contributed by atoms with van der Waals surface area (Å²) in [5.74, 6) is -1.20. The van der Waals surface area contributed by atoms with Crippen LogP contribution in [-0.2, 0) is 27.5 Å². The molecule has 0 aliphatic rings. The number of nitrogens with one attached hydrogen (secondary N) is 1. The van der Waals surface area contributed by atoms with Crippen LogP contribution in [0.1, 0.15) is 48.6 Å². The normalized spacial score (nSPS) is 11.9. The van der Waals surface area contributed by atoms with E-state index in [2.05, 4.69) is 10.3 Å². The van der Waals surface area contributed by atoms with Crippen LogP contribution < -0.4 is 5.32 Å². The second kappa shape index (κ2) is 8.27. The first kappa shape index (κ1) is 21.8. The molecule has 0 fully saturated rings. The van der Waals surface area contributed by atoms with Gasteiger partial charge in [0.1, 0.15) is 14.8 Å². The molecule has 10 heteroatoms. The number of benzene rings is 1. The van der Waals surface area contributed by atoms with E-state index in [0.29, 0.717) is 17.0 Å². The van der Waals surface area contributed by atoms with Crippen LogP contribution in [0.15, 0.2) is 33.5 Å². The van der Waals surface area contributed by atoms with Gasteiger partial charge in [0.25, 0.3) is 0 Å². The molecule has 0 radical (unpaired) electrons. The van der Waals surface area contributed by atoms with Gasteiger partial charge in [0, 0.05) is 0 Å². The van der Waals surface area contributed by atoms with Crippen LogP contribution in [0.4, 0.5) is 4.79 Å². The van der Waals surface area contributed by atoms with E-state index in [0.717, 1.165) is 17.4 Å². The number of alkyl carbamates (subject to hydrolysis) is 1. The molecule has 1 aromatic heterocycles. The third kappa shape index (κ3) is 5.52. The standard InChI is InChI=1S/C18H22N2O6S2/c1-5-11-6-12(16(21)22)8-13(7-11)28(24,25)15-10-19-14(27-15)9-20-17(23)26-18(2,3)4/h6-8,10H,5,9H2,1-4H3,(H,20,23)(H,21,22). The minimum Gasteiger partial charge on any atom is -0.478 e. The first-order chi connectivity index (χ1) is 12.9. The van der Waals surface area contributed by atoms with Gasteiger partial charge in [-0.3, -0.25) is 0 Å². The van der Waals surface area contributed by atoms with Gasteiger partial charge in [-0.25, -0.2) is 23.0 Å². The average Bonchev–Trinajstić information content (AvgIpc) is 3.07. The molecule has 28 heavy (non-hydrogen) atoms. The third-order valence-corrected chi connectivity index (χ3v) is 6.70. The number of carboxylic acid groups (broad SMARTS) is 1. The summed E-state index contributed by atoms with van der Waals surface area (Å²) in [4.78, 5) is 26.9. The Labute approximate surface area is 167 Å². The highest BCUT2D eigenvalue weighted by atomic mass is 32.2. The molecule has 0 aliphatic heterocycles. The summed E-state index contributed by atoms with van der Waals surface area (Å²) in [7, 11) is -3.93. The number of sulfone groups is 1. The lowest BCUT2D eigenvalue weighted by Crippen LogP contribution is -2.32. The predicted octanol–water partition coefficient (Wildman–Crippen LogP) is 3.26. The quantitative estimate of drug-likeness (QED) is 0.727. The van der Waals surface area contributed by atoms with E-state index in [9.17, 15) is 23.1 Å². The number of carbonyl (C=O) groups excluding carboxylic acids is 1. The number of carbonyl (C=O) groups is 2. The van der Waals surface area contributed by atoms with Crippen molar-refractivity contribution in [3.8, 4) is 0 Å². The Balaban J connectivity index is 2.23. The van der Waals surface area contributed by atoms with Gasteiger partial charge in [-0.2, -0.15) is 0 Å². The van der Waals surface area contributed by atoms with E-state index >= 15 is 0 Å². The number of aromatic nitrogens is 1. The summed E-state index contributed by atoms with van der Waals surface area (Å²) in [6.07, 6.45) is 1.07. The molecular formula is C18H22N2O6S2. The maximum atomic E-state index is 12.9. The van der Waals surface area contributed by atoms with Crippen molar-refractivity contribution >= 4 is 33.2 Å². The van der Waals surface area contributed by atoms with Crippen molar-refractivity contribution in [1.29, 1.82) is 0 Å². The van der Waals surface area contributed by atoms with Crippen LogP contribution in [0, 0.1) is 0 Å². The van der Waals surface area contributed by atoms with Crippen molar-refractivity contribution in [1.82, 2.24) is 10.3 Å². The number of hydrogen-bond donors (Lipinski definition) is 2. The number of rotatable bonds is 6. The van der Waals surface area contributed by atoms with Gasteiger partial charge >= 0.3 is 12.1 Å². The molecule has 1 heterocycles. The fourth-order valence-electron chi connectivity index (χ4n) is 2.22. The molecule has 0 saturated heterocycles. The zero-order chi connectivity index (χ0) is 21.1. The monoisotopic (exact) mass is 426 g/mol. The van der Waals surface area contributed by atoms with Crippen LogP contribution in [-0.4, -0.2) is 36.2 Å². The maximum absolute atomic E-state index is 12.9. The number of aryl methyl sites for hydroxylation is 1. The zero-order valence-electron chi connectivity index (χ0n) is 16.0. The molecule has 0 aliphatic carbocycles. The largest absolute Gasteiger partial charge is 0.478 e. The highest BCUT2D eigenvalue weighted by Gasteiger charge is 2.23. The average molecular weight is 427 g/mol. The minimum atomic E-state index is -3.93. The summed E-state index contributed by atoms with van der Waals surface area (Å²) in [5.41, 5.74) is -0.128. The molecule has 0 unspecified atom stereocenters. The molecule has 1 amide bonds. The van der Waals surface area contributed by atoms with Crippen molar-refractivity contribution in [3.05, 3.63) is 40.5 Å². The molecular weight excluding hydrogens is 404 g/mol. The highest BCUT2D eigenvalue weighted by molar-refractivity contribution is 7.93. The van der Waals surface area contributed by atoms with Crippen molar-refractivity contribution in [2.24, 2.45) is 0 Å². The second-order valence-corrected chi connectivity index (χ2v) is 10.2. The fraction of sp³-hybridized carbons (Fsp3) is 0.389. The van der Waals surface area contributed by atoms with Gasteiger partial charge < -0.3 is 15.2 Å². The van der Waals surface area contributed by atoms with Crippen molar-refractivity contribution < 1.29 is 27.9 Å². The summed E-state index contributed by atoms with van der Waals surface area (Å²) >= 11 is 0.906. The highest BCUT2D eigenvalue weighted by Crippen LogP contribution is 2.28. The van der Waals surface area contributed by atoms with Gasteiger partial charge in [0.2, 0.25) is 9.84 Å². The lowest BCUT2D eigenvalue weighted by Gasteiger charge is -2.19. The zero-order valence-corrected chi connectivity index (χ0v) is 17.6. The summed E-state index contributed by atoms with van der Waals surface area (Å²) in [6.45, 7) is 7.03. The van der Waals surface area contributed by atoms with E-state index < -0.39 is 27.5 Å². The molecule has 0 saturated carbocycles. The number of ether oxygens (including phenoxy) is 1. The maximum Gasteiger partial charge on any atom is 0.408 e. The van der Waals surface area contributed by atoms with Crippen LogP contribution in [0.5, 0.6) is 0 Å². The number of carboxylic acids is 1. The molecule has 0 atom stereocenters. The lowest BCUT2D eigenvalue weighted by molar-refractivity contribution is 0.0523. The van der Waals surface area contributed by atoms with Crippen LogP contribution in [0.3, 0.4) is 0 Å². The summed E-state index contributed by atoms with van der Waals surface area (Å²) in [6, 6.07) is 4.04. The third-order valence-electron chi connectivity index (χ3n) is 3.51. The Bertz CT molecular complexity index is 990. The van der Waals surface area contributed by atoms with Crippen molar-refractivity contribution in [2.45, 2.75) is 55.4 Å². The lowest BCUT2D eigenvalue weighted by atomic mass is 10.1. The SMILES string of the molecule is CCc1cc(C(=O)O)cc(S(=O)(=O)c2cnc(CNC(=O)OC(C)(C)C)s2)c1. The first-order valence-electron chi connectivity index (χ1n) is 8.46. The van der Waals surface area contributed by atoms with E-state index in [1.165, 1.54) is 18.3 Å². The topological polar surface area (TPSA) is 123 Å². The Kier molecular flexibility index (Phi) is 6.45. The van der Waals surface area contributed by atoms with Gasteiger partial charge in [0.05, 0.1) is 23.2 Å². The fourth-order valence-corrected chi connectivity index (χ4v) is 4.84. The van der Waals surface area contributed by atoms with Gasteiger partial charge in [-0.05, 0) is 51.0 Å². The summed E-state index contributed by atoms with van der Waals surface area (Å²) < 4.78 is 30.8. The van der Waals surface area contributed by atoms with Crippen molar-refractivity contribution in [2.75, 3.05) is 0 Å². The molecule has 2 N–H and O–H groups in total. The molecule has 2 rings (SSSR count). The minimum absolute atomic E-state index is 0.0183. The Morgan fingerprint density at radius 3 is 2.50 bits per heavy atom. The van der Waals surface area contributed by atoms with E-state index in [1.54, 1.807) is 20.8 Å². The van der Waals surface area contributed by atoms with Crippen LogP contribution in [0.2, 0.25) is 0 Å². The predicted molar refractivity (Wildman–Crippen MR) is 103 cm³/mol. The Hall–Kier alpha value is -2.46. The van der Waals surface area contributed by atoms with Gasteiger partial charge in [0.15, 0.2) is 0 Å². The Morgan fingerprint density at radius 1 is 1.25 bits per heavy atom. The molecule has 1 aromatic carbocycles. The number of hydrogen-bond acceptors (Lipinski definition) is 7. The Morgan fingerprint density at radius 2 is 1.93 bits per heavy atom. The van der Waals surface area contributed by atoms with E-state index in [1.807, 2.05) is 6.92 Å².